The van der Waals surface area contributed by atoms with E-state index in [1.807, 2.05) is 0 Å². The second-order valence-electron chi connectivity index (χ2n) is 4.60. The first-order valence-corrected chi connectivity index (χ1v) is 6.22. The molecule has 2 atom stereocenters. The van der Waals surface area contributed by atoms with Crippen molar-refractivity contribution in [1.29, 1.82) is 0 Å². The van der Waals surface area contributed by atoms with Crippen molar-refractivity contribution in [3.05, 3.63) is 22.2 Å². The first kappa shape index (κ1) is 13.5. The van der Waals surface area contributed by atoms with Crippen LogP contribution in [0.1, 0.15) is 25.7 Å². The van der Waals surface area contributed by atoms with E-state index >= 15 is 0 Å². The number of pyridine rings is 1. The zero-order valence-electron chi connectivity index (χ0n) is 10.7. The highest BCUT2D eigenvalue weighted by molar-refractivity contribution is 5.43. The van der Waals surface area contributed by atoms with Crippen molar-refractivity contribution >= 4 is 5.69 Å². The molecule has 2 rings (SSSR count). The average Bonchev–Trinajstić information content (AvgIpc) is 2.38. The zero-order valence-corrected chi connectivity index (χ0v) is 10.7. The summed E-state index contributed by atoms with van der Waals surface area (Å²) in [6.45, 7) is 0. The summed E-state index contributed by atoms with van der Waals surface area (Å²) < 4.78 is 10.6. The quantitative estimate of drug-likeness (QED) is 0.657. The molecule has 2 N–H and O–H groups in total. The number of nitrogens with zero attached hydrogens (tertiary/aromatic N) is 2. The summed E-state index contributed by atoms with van der Waals surface area (Å²) in [6, 6.07) is 2.87. The molecule has 0 saturated heterocycles. The normalized spacial score (nSPS) is 22.8. The highest BCUT2D eigenvalue weighted by Crippen LogP contribution is 2.30. The molecule has 1 aliphatic rings. The van der Waals surface area contributed by atoms with Crippen LogP contribution < -0.4 is 15.2 Å². The Bertz CT molecular complexity index is 466. The summed E-state index contributed by atoms with van der Waals surface area (Å²) in [5.41, 5.74) is 5.72. The molecule has 0 aliphatic heterocycles. The number of methoxy groups -OCH3 is 1. The summed E-state index contributed by atoms with van der Waals surface area (Å²) in [4.78, 5) is 14.4. The van der Waals surface area contributed by atoms with Gasteiger partial charge in [0, 0.05) is 18.2 Å². The van der Waals surface area contributed by atoms with Gasteiger partial charge in [-0.15, -0.1) is 0 Å². The van der Waals surface area contributed by atoms with Gasteiger partial charge in [0.05, 0.1) is 12.0 Å². The number of rotatable bonds is 4. The lowest BCUT2D eigenvalue weighted by atomic mass is 9.94. The van der Waals surface area contributed by atoms with Gasteiger partial charge in [0.2, 0.25) is 5.88 Å². The molecule has 2 unspecified atom stereocenters. The van der Waals surface area contributed by atoms with Crippen LogP contribution in [-0.4, -0.2) is 29.2 Å². The van der Waals surface area contributed by atoms with E-state index in [-0.39, 0.29) is 23.7 Å². The van der Waals surface area contributed by atoms with E-state index in [0.717, 1.165) is 19.3 Å². The van der Waals surface area contributed by atoms with E-state index in [4.69, 9.17) is 15.2 Å². The smallest absolute Gasteiger partial charge is 0.331 e. The molecular weight excluding hydrogens is 250 g/mol. The van der Waals surface area contributed by atoms with Crippen molar-refractivity contribution in [2.24, 2.45) is 5.73 Å². The van der Waals surface area contributed by atoms with Crippen LogP contribution in [0.5, 0.6) is 11.8 Å². The third kappa shape index (κ3) is 3.31. The standard InChI is InChI=1S/C12H17N3O4/c1-18-11-6-5-10(15(16)17)12(14-11)19-9-4-2-3-8(13)7-9/h5-6,8-9H,2-4,7,13H2,1H3. The monoisotopic (exact) mass is 267 g/mol. The molecule has 0 bridgehead atoms. The number of nitrogens with two attached hydrogens (primary N) is 1. The van der Waals surface area contributed by atoms with Crippen LogP contribution in [0.4, 0.5) is 5.69 Å². The SMILES string of the molecule is COc1ccc([N+](=O)[O-])c(OC2CCCC(N)C2)n1. The number of hydrogen-bond donors (Lipinski definition) is 1. The maximum atomic E-state index is 10.9. The Labute approximate surface area is 110 Å². The summed E-state index contributed by atoms with van der Waals surface area (Å²) in [5, 5.41) is 10.9. The minimum atomic E-state index is -0.509. The molecule has 1 aromatic heterocycles. The topological polar surface area (TPSA) is 101 Å². The summed E-state index contributed by atoms with van der Waals surface area (Å²) in [7, 11) is 1.45. The molecule has 0 aromatic carbocycles. The van der Waals surface area contributed by atoms with Crippen LogP contribution in [-0.2, 0) is 0 Å². The van der Waals surface area contributed by atoms with Gasteiger partial charge in [-0.05, 0) is 25.7 Å². The lowest BCUT2D eigenvalue weighted by Gasteiger charge is -2.26. The average molecular weight is 267 g/mol. The van der Waals surface area contributed by atoms with E-state index in [9.17, 15) is 10.1 Å². The first-order chi connectivity index (χ1) is 9.10. The van der Waals surface area contributed by atoms with Crippen molar-refractivity contribution in [2.75, 3.05) is 7.11 Å². The maximum absolute atomic E-state index is 10.9. The number of aromatic nitrogens is 1. The van der Waals surface area contributed by atoms with Crippen molar-refractivity contribution in [2.45, 2.75) is 37.8 Å². The van der Waals surface area contributed by atoms with E-state index in [1.165, 1.54) is 19.2 Å². The van der Waals surface area contributed by atoms with Crippen LogP contribution in [0.25, 0.3) is 0 Å². The van der Waals surface area contributed by atoms with Gasteiger partial charge in [0.1, 0.15) is 6.10 Å². The number of ether oxygens (including phenoxy) is 2. The van der Waals surface area contributed by atoms with Crippen LogP contribution in [0.2, 0.25) is 0 Å². The van der Waals surface area contributed by atoms with Gasteiger partial charge in [0.25, 0.3) is 5.88 Å². The van der Waals surface area contributed by atoms with Crippen LogP contribution in [0.15, 0.2) is 12.1 Å². The van der Waals surface area contributed by atoms with Gasteiger partial charge >= 0.3 is 5.69 Å². The van der Waals surface area contributed by atoms with Gasteiger partial charge in [0.15, 0.2) is 0 Å². The molecular formula is C12H17N3O4. The van der Waals surface area contributed by atoms with Crippen molar-refractivity contribution in [1.82, 2.24) is 4.98 Å². The molecule has 0 radical (unpaired) electrons. The molecule has 1 aromatic rings. The molecule has 0 amide bonds. The highest BCUT2D eigenvalue weighted by Gasteiger charge is 2.25. The van der Waals surface area contributed by atoms with E-state index in [2.05, 4.69) is 4.98 Å². The van der Waals surface area contributed by atoms with E-state index < -0.39 is 4.92 Å². The number of hydrogen-bond acceptors (Lipinski definition) is 6. The predicted octanol–water partition coefficient (Wildman–Crippen LogP) is 1.65. The van der Waals surface area contributed by atoms with Gasteiger partial charge in [-0.2, -0.15) is 4.98 Å². The Morgan fingerprint density at radius 3 is 2.89 bits per heavy atom. The molecule has 1 aliphatic carbocycles. The van der Waals surface area contributed by atoms with Crippen LogP contribution >= 0.6 is 0 Å². The molecule has 104 valence electrons. The Morgan fingerprint density at radius 1 is 1.47 bits per heavy atom. The molecule has 19 heavy (non-hydrogen) atoms. The van der Waals surface area contributed by atoms with E-state index in [1.54, 1.807) is 0 Å². The number of nitro groups is 1. The highest BCUT2D eigenvalue weighted by atomic mass is 16.6. The summed E-state index contributed by atoms with van der Waals surface area (Å²) >= 11 is 0. The van der Waals surface area contributed by atoms with Crippen molar-refractivity contribution in [3.8, 4) is 11.8 Å². The molecule has 0 spiro atoms. The lowest BCUT2D eigenvalue weighted by Crippen LogP contribution is -2.34. The van der Waals surface area contributed by atoms with Gasteiger partial charge in [-0.25, -0.2) is 0 Å². The molecule has 7 heteroatoms. The fourth-order valence-corrected chi connectivity index (χ4v) is 2.20. The Hall–Kier alpha value is -1.89. The van der Waals surface area contributed by atoms with Gasteiger partial charge in [-0.3, -0.25) is 10.1 Å². The van der Waals surface area contributed by atoms with E-state index in [0.29, 0.717) is 12.3 Å². The minimum Gasteiger partial charge on any atom is -0.481 e. The van der Waals surface area contributed by atoms with Crippen LogP contribution in [0.3, 0.4) is 0 Å². The third-order valence-electron chi connectivity index (χ3n) is 3.17. The minimum absolute atomic E-state index is 0.00319. The lowest BCUT2D eigenvalue weighted by molar-refractivity contribution is -0.386. The van der Waals surface area contributed by atoms with Gasteiger partial charge < -0.3 is 15.2 Å². The summed E-state index contributed by atoms with van der Waals surface area (Å²) in [5.74, 6) is 0.296. The third-order valence-corrected chi connectivity index (χ3v) is 3.17. The van der Waals surface area contributed by atoms with Crippen molar-refractivity contribution < 1.29 is 14.4 Å². The Balaban J connectivity index is 2.19. The second-order valence-corrected chi connectivity index (χ2v) is 4.60. The first-order valence-electron chi connectivity index (χ1n) is 6.22. The Kier molecular flexibility index (Phi) is 4.16. The van der Waals surface area contributed by atoms with Crippen LogP contribution in [0, 0.1) is 10.1 Å². The van der Waals surface area contributed by atoms with Crippen molar-refractivity contribution in [3.63, 3.8) is 0 Å². The zero-order chi connectivity index (χ0) is 13.8. The largest absolute Gasteiger partial charge is 0.481 e. The molecule has 1 fully saturated rings. The molecule has 7 nitrogen and oxygen atoms in total. The second kappa shape index (κ2) is 5.83. The van der Waals surface area contributed by atoms with Gasteiger partial charge in [-0.1, -0.05) is 0 Å². The fourth-order valence-electron chi connectivity index (χ4n) is 2.20. The summed E-state index contributed by atoms with van der Waals surface area (Å²) in [6.07, 6.45) is 3.33. The molecule has 1 heterocycles. The fraction of sp³-hybridized carbons (Fsp3) is 0.583. The molecule has 1 saturated carbocycles. The maximum Gasteiger partial charge on any atom is 0.331 e. The predicted molar refractivity (Wildman–Crippen MR) is 68.3 cm³/mol. The Morgan fingerprint density at radius 2 is 2.26 bits per heavy atom.